The van der Waals surface area contributed by atoms with Crippen LogP contribution in [0, 0.1) is 0 Å². The summed E-state index contributed by atoms with van der Waals surface area (Å²) in [5.74, 6) is 1.53. The monoisotopic (exact) mass is 243 g/mol. The quantitative estimate of drug-likeness (QED) is 0.900. The molecule has 3 heteroatoms. The minimum Gasteiger partial charge on any atom is -0.462 e. The predicted molar refractivity (Wildman–Crippen MR) is 70.4 cm³/mol. The van der Waals surface area contributed by atoms with Gasteiger partial charge in [-0.2, -0.15) is 0 Å². The lowest BCUT2D eigenvalue weighted by atomic mass is 10.1. The van der Waals surface area contributed by atoms with Crippen molar-refractivity contribution in [3.8, 4) is 0 Å². The molecule has 0 fully saturated rings. The number of hydrogen-bond acceptors (Lipinski definition) is 3. The summed E-state index contributed by atoms with van der Waals surface area (Å²) in [6, 6.07) is 12.8. The average molecular weight is 243 g/mol. The van der Waals surface area contributed by atoms with Crippen LogP contribution in [0.25, 0.3) is 0 Å². The van der Waals surface area contributed by atoms with Gasteiger partial charge in [0.15, 0.2) is 0 Å². The van der Waals surface area contributed by atoms with Gasteiger partial charge in [-0.25, -0.2) is 0 Å². The van der Waals surface area contributed by atoms with Crippen LogP contribution in [0.1, 0.15) is 24.0 Å². The van der Waals surface area contributed by atoms with E-state index in [-0.39, 0.29) is 6.61 Å². The maximum absolute atomic E-state index is 9.01. The summed E-state index contributed by atoms with van der Waals surface area (Å²) >= 11 is 0. The fraction of sp³-hybridized carbons (Fsp3) is 0.333. The van der Waals surface area contributed by atoms with Crippen LogP contribution in [0.4, 0.5) is 5.69 Å². The van der Waals surface area contributed by atoms with Crippen molar-refractivity contribution >= 4 is 5.69 Å². The minimum atomic E-state index is -0.0356. The van der Waals surface area contributed by atoms with Crippen LogP contribution in [0.15, 0.2) is 40.8 Å². The molecule has 1 aromatic heterocycles. The van der Waals surface area contributed by atoms with Crippen molar-refractivity contribution in [2.75, 3.05) is 4.90 Å². The van der Waals surface area contributed by atoms with Crippen molar-refractivity contribution in [3.63, 3.8) is 0 Å². The summed E-state index contributed by atoms with van der Waals surface area (Å²) in [5, 5.41) is 9.01. The van der Waals surface area contributed by atoms with Crippen molar-refractivity contribution in [1.29, 1.82) is 0 Å². The van der Waals surface area contributed by atoms with Crippen LogP contribution in [0.3, 0.4) is 0 Å². The molecule has 1 N–H and O–H groups in total. The van der Waals surface area contributed by atoms with E-state index in [0.717, 1.165) is 18.7 Å². The number of aliphatic hydroxyl groups excluding tert-OH is 1. The van der Waals surface area contributed by atoms with Gasteiger partial charge in [0, 0.05) is 11.7 Å². The fourth-order valence-electron chi connectivity index (χ4n) is 2.63. The number of para-hydroxylation sites is 1. The largest absolute Gasteiger partial charge is 0.462 e. The average Bonchev–Trinajstić information content (AvgIpc) is 2.96. The van der Waals surface area contributed by atoms with Gasteiger partial charge < -0.3 is 14.4 Å². The van der Waals surface area contributed by atoms with Gasteiger partial charge in [-0.3, -0.25) is 0 Å². The summed E-state index contributed by atoms with van der Waals surface area (Å²) in [7, 11) is 0. The Labute approximate surface area is 107 Å². The highest BCUT2D eigenvalue weighted by molar-refractivity contribution is 5.59. The summed E-state index contributed by atoms with van der Waals surface area (Å²) in [4.78, 5) is 2.36. The molecule has 0 saturated heterocycles. The molecular weight excluding hydrogens is 226 g/mol. The van der Waals surface area contributed by atoms with Crippen LogP contribution in [-0.4, -0.2) is 11.1 Å². The number of benzene rings is 1. The zero-order valence-corrected chi connectivity index (χ0v) is 10.5. The lowest BCUT2D eigenvalue weighted by Gasteiger charge is -2.23. The van der Waals surface area contributed by atoms with Crippen molar-refractivity contribution < 1.29 is 9.52 Å². The second kappa shape index (κ2) is 4.50. The second-order valence-corrected chi connectivity index (χ2v) is 4.84. The Kier molecular flexibility index (Phi) is 2.84. The number of aliphatic hydroxyl groups is 1. The van der Waals surface area contributed by atoms with Gasteiger partial charge in [-0.05, 0) is 37.1 Å². The van der Waals surface area contributed by atoms with E-state index >= 15 is 0 Å². The molecule has 1 aromatic carbocycles. The number of anilines is 1. The summed E-state index contributed by atoms with van der Waals surface area (Å²) in [5.41, 5.74) is 2.70. The number of hydrogen-bond donors (Lipinski definition) is 1. The molecule has 0 amide bonds. The third-order valence-electron chi connectivity index (χ3n) is 3.55. The molecule has 0 aliphatic carbocycles. The molecule has 0 radical (unpaired) electrons. The molecule has 3 nitrogen and oxygen atoms in total. The maximum atomic E-state index is 9.01. The van der Waals surface area contributed by atoms with E-state index < -0.39 is 0 Å². The molecule has 94 valence electrons. The van der Waals surface area contributed by atoms with E-state index in [1.54, 1.807) is 0 Å². The zero-order valence-electron chi connectivity index (χ0n) is 10.5. The molecule has 3 rings (SSSR count). The SMILES string of the molecule is CC1Cc2ccccc2N1Cc1ccc(CO)o1. The smallest absolute Gasteiger partial charge is 0.129 e. The number of fused-ring (bicyclic) bond motifs is 1. The topological polar surface area (TPSA) is 36.6 Å². The van der Waals surface area contributed by atoms with Crippen molar-refractivity contribution in [2.45, 2.75) is 32.5 Å². The minimum absolute atomic E-state index is 0.0356. The van der Waals surface area contributed by atoms with Crippen LogP contribution < -0.4 is 4.90 Å². The van der Waals surface area contributed by atoms with Crippen molar-refractivity contribution in [3.05, 3.63) is 53.5 Å². The van der Waals surface area contributed by atoms with Gasteiger partial charge in [0.05, 0.1) is 6.54 Å². The molecule has 1 aliphatic rings. The third kappa shape index (κ3) is 1.91. The molecule has 0 bridgehead atoms. The van der Waals surface area contributed by atoms with E-state index in [0.29, 0.717) is 11.8 Å². The molecule has 2 aromatic rings. The van der Waals surface area contributed by atoms with Gasteiger partial charge >= 0.3 is 0 Å². The van der Waals surface area contributed by atoms with Gasteiger partial charge in [-0.15, -0.1) is 0 Å². The first kappa shape index (κ1) is 11.4. The van der Waals surface area contributed by atoms with Gasteiger partial charge in [0.25, 0.3) is 0 Å². The summed E-state index contributed by atoms with van der Waals surface area (Å²) in [6.07, 6.45) is 1.09. The molecule has 1 atom stereocenters. The molecule has 0 spiro atoms. The number of furan rings is 1. The zero-order chi connectivity index (χ0) is 12.5. The molecule has 18 heavy (non-hydrogen) atoms. The number of nitrogens with zero attached hydrogens (tertiary/aromatic N) is 1. The lowest BCUT2D eigenvalue weighted by molar-refractivity contribution is 0.243. The van der Waals surface area contributed by atoms with Gasteiger partial charge in [-0.1, -0.05) is 18.2 Å². The van der Waals surface area contributed by atoms with Crippen molar-refractivity contribution in [1.82, 2.24) is 0 Å². The Morgan fingerprint density at radius 2 is 2.00 bits per heavy atom. The predicted octanol–water partition coefficient (Wildman–Crippen LogP) is 2.72. The van der Waals surface area contributed by atoms with E-state index in [1.165, 1.54) is 11.3 Å². The van der Waals surface area contributed by atoms with Crippen LogP contribution in [0.2, 0.25) is 0 Å². The van der Waals surface area contributed by atoms with Crippen LogP contribution >= 0.6 is 0 Å². The van der Waals surface area contributed by atoms with E-state index in [2.05, 4.69) is 36.1 Å². The Hall–Kier alpha value is -1.74. The highest BCUT2D eigenvalue weighted by Crippen LogP contribution is 2.33. The first-order chi connectivity index (χ1) is 8.78. The molecule has 0 saturated carbocycles. The Bertz CT molecular complexity index is 547. The van der Waals surface area contributed by atoms with E-state index in [9.17, 15) is 0 Å². The van der Waals surface area contributed by atoms with Gasteiger partial charge in [0.1, 0.15) is 18.1 Å². The van der Waals surface area contributed by atoms with Crippen molar-refractivity contribution in [2.24, 2.45) is 0 Å². The van der Waals surface area contributed by atoms with Crippen LogP contribution in [-0.2, 0) is 19.6 Å². The van der Waals surface area contributed by atoms with E-state index in [1.807, 2.05) is 12.1 Å². The lowest BCUT2D eigenvalue weighted by Crippen LogP contribution is -2.28. The first-order valence-electron chi connectivity index (χ1n) is 6.31. The summed E-state index contributed by atoms with van der Waals surface area (Å²) in [6.45, 7) is 2.96. The van der Waals surface area contributed by atoms with Crippen LogP contribution in [0.5, 0.6) is 0 Å². The Morgan fingerprint density at radius 1 is 1.22 bits per heavy atom. The maximum Gasteiger partial charge on any atom is 0.129 e. The molecule has 1 aliphatic heterocycles. The Balaban J connectivity index is 1.84. The van der Waals surface area contributed by atoms with E-state index in [4.69, 9.17) is 9.52 Å². The standard InChI is InChI=1S/C15H17NO2/c1-11-8-12-4-2-3-5-15(12)16(11)9-13-6-7-14(10-17)18-13/h2-7,11,17H,8-10H2,1H3. The fourth-order valence-corrected chi connectivity index (χ4v) is 2.63. The Morgan fingerprint density at radius 3 is 2.78 bits per heavy atom. The first-order valence-corrected chi connectivity index (χ1v) is 6.31. The second-order valence-electron chi connectivity index (χ2n) is 4.84. The molecule has 2 heterocycles. The number of rotatable bonds is 3. The molecule has 1 unspecified atom stereocenters. The highest BCUT2D eigenvalue weighted by Gasteiger charge is 2.26. The molecular formula is C15H17NO2. The van der Waals surface area contributed by atoms with Gasteiger partial charge in [0.2, 0.25) is 0 Å². The third-order valence-corrected chi connectivity index (χ3v) is 3.55. The highest BCUT2D eigenvalue weighted by atomic mass is 16.4. The normalized spacial score (nSPS) is 18.1. The summed E-state index contributed by atoms with van der Waals surface area (Å²) < 4.78 is 5.57.